The Hall–Kier alpha value is -1.77. The summed E-state index contributed by atoms with van der Waals surface area (Å²) >= 11 is 0. The van der Waals surface area contributed by atoms with Gasteiger partial charge in [-0.2, -0.15) is 0 Å². The summed E-state index contributed by atoms with van der Waals surface area (Å²) < 4.78 is 0. The molecule has 0 fully saturated rings. The van der Waals surface area contributed by atoms with Gasteiger partial charge in [0, 0.05) is 30.6 Å². The fourth-order valence-corrected chi connectivity index (χ4v) is 2.22. The standard InChI is InChI=1S/C16H22N2O/c1-11(19)17-8-7-12-10-18-15-6-5-13(9-14(12)15)16(2,3)4/h5-6,9-10,18H,7-8H2,1-4H3,(H,17,19). The molecule has 0 unspecified atom stereocenters. The van der Waals surface area contributed by atoms with Gasteiger partial charge in [-0.05, 0) is 35.1 Å². The minimum Gasteiger partial charge on any atom is -0.361 e. The van der Waals surface area contributed by atoms with Crippen molar-refractivity contribution in [1.29, 1.82) is 0 Å². The maximum absolute atomic E-state index is 10.9. The molecule has 0 aliphatic carbocycles. The smallest absolute Gasteiger partial charge is 0.216 e. The van der Waals surface area contributed by atoms with Crippen molar-refractivity contribution in [3.8, 4) is 0 Å². The number of hydrogen-bond donors (Lipinski definition) is 2. The van der Waals surface area contributed by atoms with E-state index in [4.69, 9.17) is 0 Å². The Morgan fingerprint density at radius 3 is 2.68 bits per heavy atom. The lowest BCUT2D eigenvalue weighted by molar-refractivity contribution is -0.118. The van der Waals surface area contributed by atoms with E-state index in [1.807, 2.05) is 6.20 Å². The van der Waals surface area contributed by atoms with Crippen LogP contribution in [0.2, 0.25) is 0 Å². The van der Waals surface area contributed by atoms with E-state index in [2.05, 4.69) is 49.3 Å². The predicted molar refractivity (Wildman–Crippen MR) is 79.4 cm³/mol. The van der Waals surface area contributed by atoms with Crippen LogP contribution in [-0.4, -0.2) is 17.4 Å². The van der Waals surface area contributed by atoms with Gasteiger partial charge < -0.3 is 10.3 Å². The minimum atomic E-state index is 0.0234. The molecule has 2 rings (SSSR count). The Morgan fingerprint density at radius 1 is 1.32 bits per heavy atom. The summed E-state index contributed by atoms with van der Waals surface area (Å²) in [6.45, 7) is 8.89. The van der Waals surface area contributed by atoms with Crippen LogP contribution in [0.3, 0.4) is 0 Å². The topological polar surface area (TPSA) is 44.9 Å². The first-order valence-electron chi connectivity index (χ1n) is 6.73. The van der Waals surface area contributed by atoms with Crippen LogP contribution in [0.4, 0.5) is 0 Å². The van der Waals surface area contributed by atoms with Gasteiger partial charge in [0.2, 0.25) is 5.91 Å². The SMILES string of the molecule is CC(=O)NCCc1c[nH]c2ccc(C(C)(C)C)cc12. The molecule has 1 amide bonds. The molecule has 0 aliphatic heterocycles. The Kier molecular flexibility index (Phi) is 3.65. The molecular weight excluding hydrogens is 236 g/mol. The average Bonchev–Trinajstić information content (AvgIpc) is 2.70. The summed E-state index contributed by atoms with van der Waals surface area (Å²) in [6, 6.07) is 6.57. The van der Waals surface area contributed by atoms with E-state index in [9.17, 15) is 4.79 Å². The highest BCUT2D eigenvalue weighted by Gasteiger charge is 2.15. The molecule has 1 heterocycles. The molecule has 3 heteroatoms. The third-order valence-electron chi connectivity index (χ3n) is 3.40. The third-order valence-corrected chi connectivity index (χ3v) is 3.40. The number of amides is 1. The first-order chi connectivity index (χ1) is 8.88. The van der Waals surface area contributed by atoms with Crippen LogP contribution in [0, 0.1) is 0 Å². The van der Waals surface area contributed by atoms with Gasteiger partial charge in [-0.1, -0.05) is 26.8 Å². The highest BCUT2D eigenvalue weighted by molar-refractivity contribution is 5.84. The zero-order valence-electron chi connectivity index (χ0n) is 12.1. The van der Waals surface area contributed by atoms with Crippen molar-refractivity contribution in [3.63, 3.8) is 0 Å². The van der Waals surface area contributed by atoms with Crippen molar-refractivity contribution in [2.45, 2.75) is 39.5 Å². The zero-order valence-corrected chi connectivity index (χ0v) is 12.1. The van der Waals surface area contributed by atoms with Crippen LogP contribution in [-0.2, 0) is 16.6 Å². The van der Waals surface area contributed by atoms with E-state index in [0.29, 0.717) is 6.54 Å². The van der Waals surface area contributed by atoms with Gasteiger partial charge in [0.15, 0.2) is 0 Å². The fourth-order valence-electron chi connectivity index (χ4n) is 2.22. The van der Waals surface area contributed by atoms with Gasteiger partial charge in [0.05, 0.1) is 0 Å². The average molecular weight is 258 g/mol. The lowest BCUT2D eigenvalue weighted by Gasteiger charge is -2.19. The van der Waals surface area contributed by atoms with E-state index >= 15 is 0 Å². The van der Waals surface area contributed by atoms with Crippen molar-refractivity contribution in [2.24, 2.45) is 0 Å². The number of hydrogen-bond acceptors (Lipinski definition) is 1. The molecular formula is C16H22N2O. The highest BCUT2D eigenvalue weighted by Crippen LogP contribution is 2.27. The number of H-pyrrole nitrogens is 1. The summed E-state index contributed by atoms with van der Waals surface area (Å²) in [4.78, 5) is 14.2. The molecule has 19 heavy (non-hydrogen) atoms. The molecule has 0 atom stereocenters. The lowest BCUT2D eigenvalue weighted by Crippen LogP contribution is -2.22. The molecule has 102 valence electrons. The zero-order chi connectivity index (χ0) is 14.0. The minimum absolute atomic E-state index is 0.0234. The molecule has 2 aromatic rings. The van der Waals surface area contributed by atoms with Crippen molar-refractivity contribution in [1.82, 2.24) is 10.3 Å². The van der Waals surface area contributed by atoms with Crippen molar-refractivity contribution in [3.05, 3.63) is 35.5 Å². The second-order valence-corrected chi connectivity index (χ2v) is 6.06. The molecule has 3 nitrogen and oxygen atoms in total. The van der Waals surface area contributed by atoms with Crippen molar-refractivity contribution >= 4 is 16.8 Å². The maximum atomic E-state index is 10.9. The van der Waals surface area contributed by atoms with E-state index in [1.165, 1.54) is 16.5 Å². The van der Waals surface area contributed by atoms with Gasteiger partial charge in [-0.25, -0.2) is 0 Å². The molecule has 0 saturated heterocycles. The van der Waals surface area contributed by atoms with Gasteiger partial charge in [0.25, 0.3) is 0 Å². The molecule has 1 aromatic carbocycles. The monoisotopic (exact) mass is 258 g/mol. The molecule has 0 bridgehead atoms. The largest absolute Gasteiger partial charge is 0.361 e. The molecule has 0 aliphatic rings. The number of nitrogens with one attached hydrogen (secondary N) is 2. The van der Waals surface area contributed by atoms with Crippen LogP contribution in [0.5, 0.6) is 0 Å². The highest BCUT2D eigenvalue weighted by atomic mass is 16.1. The lowest BCUT2D eigenvalue weighted by atomic mass is 9.86. The third kappa shape index (κ3) is 3.16. The van der Waals surface area contributed by atoms with Crippen LogP contribution in [0.15, 0.2) is 24.4 Å². The number of carbonyl (C=O) groups excluding carboxylic acids is 1. The van der Waals surface area contributed by atoms with E-state index < -0.39 is 0 Å². The quantitative estimate of drug-likeness (QED) is 0.872. The Balaban J connectivity index is 2.27. The molecule has 1 aromatic heterocycles. The van der Waals surface area contributed by atoms with Crippen LogP contribution >= 0.6 is 0 Å². The Labute approximate surface area is 114 Å². The summed E-state index contributed by atoms with van der Waals surface area (Å²) in [5.74, 6) is 0.0234. The first kappa shape index (κ1) is 13.7. The maximum Gasteiger partial charge on any atom is 0.216 e. The molecule has 0 saturated carbocycles. The normalized spacial score (nSPS) is 11.8. The van der Waals surface area contributed by atoms with Gasteiger partial charge >= 0.3 is 0 Å². The number of fused-ring (bicyclic) bond motifs is 1. The van der Waals surface area contributed by atoms with Crippen LogP contribution in [0.25, 0.3) is 10.9 Å². The van der Waals surface area contributed by atoms with Gasteiger partial charge in [-0.15, -0.1) is 0 Å². The summed E-state index contributed by atoms with van der Waals surface area (Å²) in [5, 5.41) is 4.10. The molecule has 0 spiro atoms. The van der Waals surface area contributed by atoms with Gasteiger partial charge in [-0.3, -0.25) is 4.79 Å². The fraction of sp³-hybridized carbons (Fsp3) is 0.438. The van der Waals surface area contributed by atoms with Crippen LogP contribution < -0.4 is 5.32 Å². The Bertz CT molecular complexity index is 590. The van der Waals surface area contributed by atoms with E-state index in [0.717, 1.165) is 11.9 Å². The second kappa shape index (κ2) is 5.08. The summed E-state index contributed by atoms with van der Waals surface area (Å²) in [7, 11) is 0. The van der Waals surface area contributed by atoms with Crippen molar-refractivity contribution < 1.29 is 4.79 Å². The Morgan fingerprint density at radius 2 is 2.05 bits per heavy atom. The van der Waals surface area contributed by atoms with Crippen molar-refractivity contribution in [2.75, 3.05) is 6.54 Å². The van der Waals surface area contributed by atoms with E-state index in [-0.39, 0.29) is 11.3 Å². The summed E-state index contributed by atoms with van der Waals surface area (Å²) in [5.41, 5.74) is 3.90. The number of aromatic nitrogens is 1. The number of benzene rings is 1. The van der Waals surface area contributed by atoms with Gasteiger partial charge in [0.1, 0.15) is 0 Å². The summed E-state index contributed by atoms with van der Waals surface area (Å²) in [6.07, 6.45) is 2.89. The number of aromatic amines is 1. The number of rotatable bonds is 3. The van der Waals surface area contributed by atoms with E-state index in [1.54, 1.807) is 6.92 Å². The molecule has 0 radical (unpaired) electrons. The molecule has 2 N–H and O–H groups in total. The predicted octanol–water partition coefficient (Wildman–Crippen LogP) is 3.14. The number of carbonyl (C=O) groups is 1. The second-order valence-electron chi connectivity index (χ2n) is 6.06. The first-order valence-corrected chi connectivity index (χ1v) is 6.73. The van der Waals surface area contributed by atoms with Crippen LogP contribution in [0.1, 0.15) is 38.8 Å².